The van der Waals surface area contributed by atoms with E-state index in [-0.39, 0.29) is 10.8 Å². The molecule has 0 aliphatic carbocycles. The van der Waals surface area contributed by atoms with Crippen LogP contribution in [0.25, 0.3) is 0 Å². The molecular weight excluding hydrogens is 282 g/mol. The van der Waals surface area contributed by atoms with Crippen LogP contribution in [0.4, 0.5) is 0 Å². The zero-order valence-corrected chi connectivity index (χ0v) is 10.7. The lowest BCUT2D eigenvalue weighted by molar-refractivity contribution is 0.456. The molecule has 0 atom stereocenters. The van der Waals surface area contributed by atoms with E-state index in [1.165, 1.54) is 6.07 Å². The van der Waals surface area contributed by atoms with Crippen molar-refractivity contribution in [3.63, 3.8) is 0 Å². The predicted molar refractivity (Wildman–Crippen MR) is 69.7 cm³/mol. The molecule has 2 nitrogen and oxygen atoms in total. The number of halogens is 3. The number of rotatable bonds is 2. The van der Waals surface area contributed by atoms with E-state index in [1.54, 1.807) is 30.3 Å². The van der Waals surface area contributed by atoms with Crippen LogP contribution in [0.3, 0.4) is 0 Å². The maximum atomic E-state index is 9.43. The molecule has 0 saturated carbocycles. The van der Waals surface area contributed by atoms with Crippen LogP contribution < -0.4 is 4.74 Å². The Bertz CT molecular complexity index is 506. The van der Waals surface area contributed by atoms with Gasteiger partial charge < -0.3 is 9.84 Å². The standard InChI is InChI=1S/C12H7Cl3O2/c13-7-3-1-5-9(11(7)14)17-10-6-2-4-8(16)12(10)15/h1-6,16H. The van der Waals surface area contributed by atoms with Gasteiger partial charge in [0.25, 0.3) is 0 Å². The lowest BCUT2D eigenvalue weighted by Gasteiger charge is -2.10. The fraction of sp³-hybridized carbons (Fsp3) is 0. The van der Waals surface area contributed by atoms with Crippen molar-refractivity contribution in [1.82, 2.24) is 0 Å². The van der Waals surface area contributed by atoms with E-state index in [1.807, 2.05) is 0 Å². The molecule has 0 saturated heterocycles. The zero-order valence-electron chi connectivity index (χ0n) is 8.45. The van der Waals surface area contributed by atoms with Gasteiger partial charge in [0.05, 0.1) is 5.02 Å². The van der Waals surface area contributed by atoms with E-state index in [2.05, 4.69) is 0 Å². The average Bonchev–Trinajstić information content (AvgIpc) is 2.31. The van der Waals surface area contributed by atoms with Gasteiger partial charge in [-0.2, -0.15) is 0 Å². The molecule has 2 rings (SSSR count). The van der Waals surface area contributed by atoms with E-state index < -0.39 is 0 Å². The molecule has 0 unspecified atom stereocenters. The minimum Gasteiger partial charge on any atom is -0.506 e. The Kier molecular flexibility index (Phi) is 3.67. The Morgan fingerprint density at radius 2 is 1.41 bits per heavy atom. The molecule has 2 aromatic rings. The SMILES string of the molecule is Oc1cccc(Oc2cccc(Cl)c2Cl)c1Cl. The van der Waals surface area contributed by atoms with E-state index in [9.17, 15) is 5.11 Å². The first kappa shape index (κ1) is 12.4. The number of benzene rings is 2. The first-order chi connectivity index (χ1) is 8.09. The second-order valence-electron chi connectivity index (χ2n) is 3.24. The average molecular weight is 290 g/mol. The molecule has 0 heterocycles. The van der Waals surface area contributed by atoms with Gasteiger partial charge in [-0.1, -0.05) is 46.9 Å². The van der Waals surface area contributed by atoms with Gasteiger partial charge in [-0.15, -0.1) is 0 Å². The Morgan fingerprint density at radius 3 is 2.12 bits per heavy atom. The third kappa shape index (κ3) is 2.60. The van der Waals surface area contributed by atoms with Crippen molar-refractivity contribution < 1.29 is 9.84 Å². The highest BCUT2D eigenvalue weighted by atomic mass is 35.5. The molecule has 0 amide bonds. The summed E-state index contributed by atoms with van der Waals surface area (Å²) in [4.78, 5) is 0. The Balaban J connectivity index is 2.38. The predicted octanol–water partition coefficient (Wildman–Crippen LogP) is 5.14. The van der Waals surface area contributed by atoms with Crippen molar-refractivity contribution >= 4 is 34.8 Å². The summed E-state index contributed by atoms with van der Waals surface area (Å²) in [6, 6.07) is 9.73. The minimum atomic E-state index is -0.0534. The topological polar surface area (TPSA) is 29.5 Å². The lowest BCUT2D eigenvalue weighted by atomic mass is 10.3. The second kappa shape index (κ2) is 5.05. The van der Waals surface area contributed by atoms with Gasteiger partial charge in [-0.3, -0.25) is 0 Å². The van der Waals surface area contributed by atoms with Gasteiger partial charge in [0.1, 0.15) is 27.3 Å². The smallest absolute Gasteiger partial charge is 0.149 e. The third-order valence-corrected chi connectivity index (χ3v) is 3.26. The van der Waals surface area contributed by atoms with Crippen molar-refractivity contribution in [2.45, 2.75) is 0 Å². The van der Waals surface area contributed by atoms with E-state index in [4.69, 9.17) is 39.5 Å². The summed E-state index contributed by atoms with van der Waals surface area (Å²) >= 11 is 17.7. The molecular formula is C12H7Cl3O2. The Labute approximate surface area is 113 Å². The highest BCUT2D eigenvalue weighted by molar-refractivity contribution is 6.43. The number of phenols is 1. The summed E-state index contributed by atoms with van der Waals surface area (Å²) < 4.78 is 5.49. The summed E-state index contributed by atoms with van der Waals surface area (Å²) in [5.74, 6) is 0.643. The molecule has 0 spiro atoms. The van der Waals surface area contributed by atoms with Gasteiger partial charge >= 0.3 is 0 Å². The van der Waals surface area contributed by atoms with Crippen LogP contribution in [0.2, 0.25) is 15.1 Å². The first-order valence-electron chi connectivity index (χ1n) is 4.69. The molecule has 17 heavy (non-hydrogen) atoms. The van der Waals surface area contributed by atoms with Crippen LogP contribution in [-0.2, 0) is 0 Å². The van der Waals surface area contributed by atoms with Crippen molar-refractivity contribution in [3.05, 3.63) is 51.5 Å². The normalized spacial score (nSPS) is 10.3. The van der Waals surface area contributed by atoms with Crippen molar-refractivity contribution in [2.24, 2.45) is 0 Å². The van der Waals surface area contributed by atoms with Crippen LogP contribution >= 0.6 is 34.8 Å². The number of ether oxygens (including phenoxy) is 1. The molecule has 0 aromatic heterocycles. The maximum Gasteiger partial charge on any atom is 0.149 e. The fourth-order valence-corrected chi connectivity index (χ4v) is 1.75. The quantitative estimate of drug-likeness (QED) is 0.829. The number of hydrogen-bond acceptors (Lipinski definition) is 2. The molecule has 1 N–H and O–H groups in total. The van der Waals surface area contributed by atoms with Gasteiger partial charge in [0.15, 0.2) is 0 Å². The molecule has 0 bridgehead atoms. The summed E-state index contributed by atoms with van der Waals surface area (Å²) in [5, 5.41) is 10.2. The summed E-state index contributed by atoms with van der Waals surface area (Å²) in [5.41, 5.74) is 0. The Morgan fingerprint density at radius 1 is 0.824 bits per heavy atom. The van der Waals surface area contributed by atoms with E-state index >= 15 is 0 Å². The second-order valence-corrected chi connectivity index (χ2v) is 4.41. The Hall–Kier alpha value is -1.09. The summed E-state index contributed by atoms with van der Waals surface area (Å²) in [6.45, 7) is 0. The van der Waals surface area contributed by atoms with Crippen LogP contribution in [0.1, 0.15) is 0 Å². The molecule has 5 heteroatoms. The first-order valence-corrected chi connectivity index (χ1v) is 5.82. The monoisotopic (exact) mass is 288 g/mol. The molecule has 0 radical (unpaired) electrons. The number of aromatic hydroxyl groups is 1. The zero-order chi connectivity index (χ0) is 12.4. The summed E-state index contributed by atoms with van der Waals surface area (Å²) in [6.07, 6.45) is 0. The van der Waals surface area contributed by atoms with Gasteiger partial charge in [-0.05, 0) is 24.3 Å². The maximum absolute atomic E-state index is 9.43. The van der Waals surface area contributed by atoms with E-state index in [0.29, 0.717) is 21.5 Å². The van der Waals surface area contributed by atoms with Crippen molar-refractivity contribution in [2.75, 3.05) is 0 Å². The van der Waals surface area contributed by atoms with Gasteiger partial charge in [-0.25, -0.2) is 0 Å². The molecule has 88 valence electrons. The van der Waals surface area contributed by atoms with Crippen LogP contribution in [0, 0.1) is 0 Å². The van der Waals surface area contributed by atoms with Crippen LogP contribution in [-0.4, -0.2) is 5.11 Å². The largest absolute Gasteiger partial charge is 0.506 e. The molecule has 0 aliphatic rings. The van der Waals surface area contributed by atoms with Gasteiger partial charge in [0, 0.05) is 0 Å². The van der Waals surface area contributed by atoms with Crippen molar-refractivity contribution in [3.8, 4) is 17.2 Å². The summed E-state index contributed by atoms with van der Waals surface area (Å²) in [7, 11) is 0. The molecule has 0 fully saturated rings. The third-order valence-electron chi connectivity index (χ3n) is 2.08. The highest BCUT2D eigenvalue weighted by Gasteiger charge is 2.10. The van der Waals surface area contributed by atoms with Crippen LogP contribution in [0.5, 0.6) is 17.2 Å². The number of phenolic OH excluding ortho intramolecular Hbond substituents is 1. The molecule has 0 aliphatic heterocycles. The van der Waals surface area contributed by atoms with Crippen LogP contribution in [0.15, 0.2) is 36.4 Å². The van der Waals surface area contributed by atoms with Gasteiger partial charge in [0.2, 0.25) is 0 Å². The number of hydrogen-bond donors (Lipinski definition) is 1. The van der Waals surface area contributed by atoms with Crippen molar-refractivity contribution in [1.29, 1.82) is 0 Å². The molecule has 2 aromatic carbocycles. The highest BCUT2D eigenvalue weighted by Crippen LogP contribution is 2.39. The lowest BCUT2D eigenvalue weighted by Crippen LogP contribution is -1.86. The minimum absolute atomic E-state index is 0.0534. The fourth-order valence-electron chi connectivity index (χ4n) is 1.26. The van der Waals surface area contributed by atoms with E-state index in [0.717, 1.165) is 0 Å².